The zero-order valence-corrected chi connectivity index (χ0v) is 22.7. The third kappa shape index (κ3) is 12.5. The molecule has 0 aliphatic rings. The Kier molecular flexibility index (Phi) is 14.1. The first-order valence-electron chi connectivity index (χ1n) is 12.7. The van der Waals surface area contributed by atoms with Gasteiger partial charge in [-0.25, -0.2) is 4.79 Å². The van der Waals surface area contributed by atoms with E-state index in [0.29, 0.717) is 25.8 Å². The zero-order chi connectivity index (χ0) is 28.0. The molecule has 0 bridgehead atoms. The number of nitrogens with two attached hydrogens (primary N) is 1. The molecule has 0 radical (unpaired) electrons. The van der Waals surface area contributed by atoms with E-state index in [4.69, 9.17) is 10.5 Å². The molecule has 0 aliphatic carbocycles. The van der Waals surface area contributed by atoms with Gasteiger partial charge >= 0.3 is 5.97 Å². The average molecular weight is 519 g/mol. The first-order valence-corrected chi connectivity index (χ1v) is 12.7. The van der Waals surface area contributed by atoms with Crippen molar-refractivity contribution in [2.24, 2.45) is 5.73 Å². The number of hydrogen-bond donors (Lipinski definition) is 3. The normalized spacial score (nSPS) is 12.4. The van der Waals surface area contributed by atoms with Gasteiger partial charge in [-0.15, -0.1) is 0 Å². The number of esters is 1. The molecule has 0 spiro atoms. The molecule has 206 valence electrons. The van der Waals surface area contributed by atoms with Crippen molar-refractivity contribution in [3.63, 3.8) is 0 Å². The summed E-state index contributed by atoms with van der Waals surface area (Å²) in [6.07, 6.45) is 1.30. The number of ketones is 1. The minimum Gasteiger partial charge on any atom is -0.461 e. The summed E-state index contributed by atoms with van der Waals surface area (Å²) in [4.78, 5) is 63.7. The number of Topliss-reactive ketones (excluding diaryl/α,β-unsaturated/α-hetero) is 1. The van der Waals surface area contributed by atoms with Gasteiger partial charge in [0.05, 0.1) is 12.6 Å². The second-order valence-electron chi connectivity index (χ2n) is 9.49. The van der Waals surface area contributed by atoms with Gasteiger partial charge in [0.1, 0.15) is 17.9 Å². The molecule has 37 heavy (non-hydrogen) atoms. The third-order valence-electron chi connectivity index (χ3n) is 5.74. The van der Waals surface area contributed by atoms with E-state index in [0.717, 1.165) is 11.1 Å². The maximum atomic E-state index is 13.1. The lowest BCUT2D eigenvalue weighted by molar-refractivity contribution is -0.152. The summed E-state index contributed by atoms with van der Waals surface area (Å²) in [5.74, 6) is -2.10. The highest BCUT2D eigenvalue weighted by Gasteiger charge is 2.28. The van der Waals surface area contributed by atoms with Crippen molar-refractivity contribution in [1.29, 1.82) is 0 Å². The second-order valence-corrected chi connectivity index (χ2v) is 9.49. The van der Waals surface area contributed by atoms with Crippen molar-refractivity contribution in [2.75, 3.05) is 13.1 Å². The molecule has 0 saturated heterocycles. The highest BCUT2D eigenvalue weighted by molar-refractivity contribution is 5.92. The molecule has 3 amide bonds. The molecule has 10 heteroatoms. The van der Waals surface area contributed by atoms with Crippen molar-refractivity contribution in [1.82, 2.24) is 15.5 Å². The van der Waals surface area contributed by atoms with Gasteiger partial charge in [0.2, 0.25) is 17.7 Å². The number of aryl methyl sites for hydroxylation is 1. The number of carbonyl (C=O) groups is 5. The lowest BCUT2D eigenvalue weighted by Crippen LogP contribution is -2.53. The topological polar surface area (TPSA) is 148 Å². The molecule has 10 nitrogen and oxygen atoms in total. The molecule has 1 rings (SSSR count). The highest BCUT2D eigenvalue weighted by atomic mass is 16.5. The number of nitrogens with zero attached hydrogens (tertiary/aromatic N) is 1. The minimum atomic E-state index is -1.03. The van der Waals surface area contributed by atoms with Crippen LogP contribution in [0, 0.1) is 6.92 Å². The maximum Gasteiger partial charge on any atom is 0.328 e. The van der Waals surface area contributed by atoms with E-state index in [9.17, 15) is 24.0 Å². The average Bonchev–Trinajstić information content (AvgIpc) is 2.81. The number of nitrogens with one attached hydrogen (secondary N) is 2. The van der Waals surface area contributed by atoms with E-state index >= 15 is 0 Å². The van der Waals surface area contributed by atoms with Gasteiger partial charge in [-0.1, -0.05) is 24.3 Å². The van der Waals surface area contributed by atoms with Crippen LogP contribution >= 0.6 is 0 Å². The van der Waals surface area contributed by atoms with Gasteiger partial charge in [0.25, 0.3) is 0 Å². The Hall–Kier alpha value is -3.27. The molecule has 0 aromatic heterocycles. The van der Waals surface area contributed by atoms with Gasteiger partial charge < -0.3 is 30.8 Å². The molecule has 0 heterocycles. The van der Waals surface area contributed by atoms with Crippen LogP contribution in [0.3, 0.4) is 0 Å². The van der Waals surface area contributed by atoms with Crippen LogP contribution in [0.1, 0.15) is 70.9 Å². The SMILES string of the molecule is CC(=O)CCC(NC(=O)[C@H](CCCCN)NC(=O)CN(Cc1ccccc1C)C(C)=O)C(=O)OC(C)C. The van der Waals surface area contributed by atoms with Gasteiger partial charge in [-0.05, 0) is 71.0 Å². The van der Waals surface area contributed by atoms with E-state index in [-0.39, 0.29) is 37.6 Å². The summed E-state index contributed by atoms with van der Waals surface area (Å²) in [5.41, 5.74) is 7.50. The molecular weight excluding hydrogens is 476 g/mol. The lowest BCUT2D eigenvalue weighted by atomic mass is 10.1. The monoisotopic (exact) mass is 518 g/mol. The van der Waals surface area contributed by atoms with Gasteiger partial charge in [-0.2, -0.15) is 0 Å². The van der Waals surface area contributed by atoms with Crippen LogP contribution < -0.4 is 16.4 Å². The fourth-order valence-corrected chi connectivity index (χ4v) is 3.63. The maximum absolute atomic E-state index is 13.1. The third-order valence-corrected chi connectivity index (χ3v) is 5.74. The number of rotatable bonds is 16. The summed E-state index contributed by atoms with van der Waals surface area (Å²) in [7, 11) is 0. The smallest absolute Gasteiger partial charge is 0.328 e. The van der Waals surface area contributed by atoms with Crippen LogP contribution in [0.2, 0.25) is 0 Å². The lowest BCUT2D eigenvalue weighted by Gasteiger charge is -2.25. The predicted octanol–water partition coefficient (Wildman–Crippen LogP) is 1.76. The summed E-state index contributed by atoms with van der Waals surface area (Å²) in [6, 6.07) is 5.61. The second kappa shape index (κ2) is 16.5. The molecule has 2 atom stereocenters. The Labute approximate surface area is 219 Å². The molecule has 1 unspecified atom stereocenters. The first-order chi connectivity index (χ1) is 17.4. The summed E-state index contributed by atoms with van der Waals surface area (Å²) >= 11 is 0. The van der Waals surface area contributed by atoms with Gasteiger partial charge in [0, 0.05) is 19.9 Å². The molecule has 0 aliphatic heterocycles. The molecule has 1 aromatic rings. The summed E-state index contributed by atoms with van der Waals surface area (Å²) in [6.45, 7) is 8.56. The summed E-state index contributed by atoms with van der Waals surface area (Å²) in [5, 5.41) is 5.35. The number of carbonyl (C=O) groups excluding carboxylic acids is 5. The van der Waals surface area contributed by atoms with Crippen molar-refractivity contribution in [2.45, 2.75) is 91.5 Å². The highest BCUT2D eigenvalue weighted by Crippen LogP contribution is 2.11. The van der Waals surface area contributed by atoms with Crippen molar-refractivity contribution in [3.8, 4) is 0 Å². The van der Waals surface area contributed by atoms with Gasteiger partial charge in [-0.3, -0.25) is 14.4 Å². The number of unbranched alkanes of at least 4 members (excludes halogenated alkanes) is 1. The van der Waals surface area contributed by atoms with E-state index in [1.807, 2.05) is 31.2 Å². The first kappa shape index (κ1) is 31.8. The van der Waals surface area contributed by atoms with E-state index < -0.39 is 36.0 Å². The number of ether oxygens (including phenoxy) is 1. The molecule has 0 saturated carbocycles. The van der Waals surface area contributed by atoms with Crippen LogP contribution in [-0.2, 0) is 35.3 Å². The van der Waals surface area contributed by atoms with Gasteiger partial charge in [0.15, 0.2) is 0 Å². The van der Waals surface area contributed by atoms with Crippen LogP contribution in [0.15, 0.2) is 24.3 Å². The van der Waals surface area contributed by atoms with Crippen molar-refractivity contribution in [3.05, 3.63) is 35.4 Å². The fraction of sp³-hybridized carbons (Fsp3) is 0.593. The molecule has 1 aromatic carbocycles. The van der Waals surface area contributed by atoms with Crippen LogP contribution in [-0.4, -0.2) is 65.7 Å². The zero-order valence-electron chi connectivity index (χ0n) is 22.7. The predicted molar refractivity (Wildman–Crippen MR) is 140 cm³/mol. The molecular formula is C27H42N4O6. The van der Waals surface area contributed by atoms with Crippen molar-refractivity contribution >= 4 is 29.5 Å². The minimum absolute atomic E-state index is 0.0879. The van der Waals surface area contributed by atoms with E-state index in [2.05, 4.69) is 10.6 Å². The van der Waals surface area contributed by atoms with E-state index in [1.54, 1.807) is 13.8 Å². The Morgan fingerprint density at radius 3 is 2.22 bits per heavy atom. The van der Waals surface area contributed by atoms with Crippen LogP contribution in [0.4, 0.5) is 0 Å². The number of amides is 3. The Morgan fingerprint density at radius 2 is 1.65 bits per heavy atom. The number of hydrogen-bond acceptors (Lipinski definition) is 7. The quantitative estimate of drug-likeness (QED) is 0.223. The standard InChI is InChI=1S/C27H42N4O6/c1-18(2)37-27(36)24(14-13-20(4)32)30-26(35)23(12-8-9-15-28)29-25(34)17-31(21(5)33)16-22-11-7-6-10-19(22)3/h6-7,10-11,18,23-24H,8-9,12-17,28H2,1-5H3,(H,29,34)(H,30,35)/t23-,24?/m0/s1. The molecule has 4 N–H and O–H groups in total. The van der Waals surface area contributed by atoms with Crippen LogP contribution in [0.25, 0.3) is 0 Å². The Bertz CT molecular complexity index is 933. The van der Waals surface area contributed by atoms with Crippen LogP contribution in [0.5, 0.6) is 0 Å². The fourth-order valence-electron chi connectivity index (χ4n) is 3.63. The largest absolute Gasteiger partial charge is 0.461 e. The molecule has 0 fully saturated rings. The van der Waals surface area contributed by atoms with Crippen molar-refractivity contribution < 1.29 is 28.7 Å². The number of benzene rings is 1. The van der Waals surface area contributed by atoms with E-state index in [1.165, 1.54) is 18.7 Å². The summed E-state index contributed by atoms with van der Waals surface area (Å²) < 4.78 is 5.24. The Morgan fingerprint density at radius 1 is 0.973 bits per heavy atom. The Balaban J connectivity index is 2.96.